The van der Waals surface area contributed by atoms with Gasteiger partial charge in [-0.25, -0.2) is 0 Å². The minimum atomic E-state index is -0.763. The fourth-order valence-electron chi connectivity index (χ4n) is 3.44. The standard InChI is InChI=1S/C15H17ClO3/c16-12-3-1-11(2-4-12)14-5-7-15(8-6-14,19-10-14)9-13(17)18/h1-4H,5-10H2,(H,17,18). The molecule has 1 saturated carbocycles. The van der Waals surface area contributed by atoms with Gasteiger partial charge in [-0.05, 0) is 43.4 Å². The van der Waals surface area contributed by atoms with Crippen LogP contribution in [0.4, 0.5) is 0 Å². The van der Waals surface area contributed by atoms with Crippen molar-refractivity contribution in [2.45, 2.75) is 43.1 Å². The minimum Gasteiger partial charge on any atom is -0.481 e. The number of carboxylic acids is 1. The number of carbonyl (C=O) groups is 1. The Morgan fingerprint density at radius 1 is 1.21 bits per heavy atom. The molecule has 0 unspecified atom stereocenters. The lowest BCUT2D eigenvalue weighted by atomic mass is 9.62. The molecule has 19 heavy (non-hydrogen) atoms. The summed E-state index contributed by atoms with van der Waals surface area (Å²) in [6.45, 7) is 0.627. The van der Waals surface area contributed by atoms with E-state index in [1.807, 2.05) is 12.1 Å². The lowest BCUT2D eigenvalue weighted by molar-refractivity contribution is -0.174. The van der Waals surface area contributed by atoms with Crippen molar-refractivity contribution >= 4 is 17.6 Å². The van der Waals surface area contributed by atoms with Gasteiger partial charge in [0.05, 0.1) is 18.6 Å². The van der Waals surface area contributed by atoms with Gasteiger partial charge in [0.25, 0.3) is 0 Å². The molecule has 2 aliphatic heterocycles. The third-order valence-electron chi connectivity index (χ3n) is 4.70. The zero-order chi connectivity index (χ0) is 13.5. The van der Waals surface area contributed by atoms with Gasteiger partial charge in [0.1, 0.15) is 0 Å². The van der Waals surface area contributed by atoms with Crippen LogP contribution in [0.5, 0.6) is 0 Å². The fourth-order valence-corrected chi connectivity index (χ4v) is 3.57. The van der Waals surface area contributed by atoms with Gasteiger partial charge < -0.3 is 9.84 Å². The maximum absolute atomic E-state index is 10.9. The molecule has 1 aromatic carbocycles. The van der Waals surface area contributed by atoms with Gasteiger partial charge in [-0.3, -0.25) is 4.79 Å². The van der Waals surface area contributed by atoms with Crippen molar-refractivity contribution in [3.8, 4) is 0 Å². The van der Waals surface area contributed by atoms with Crippen molar-refractivity contribution < 1.29 is 14.6 Å². The quantitative estimate of drug-likeness (QED) is 0.923. The predicted octanol–water partition coefficient (Wildman–Crippen LogP) is 3.40. The number of fused-ring (bicyclic) bond motifs is 3. The fraction of sp³-hybridized carbons (Fsp3) is 0.533. The topological polar surface area (TPSA) is 46.5 Å². The van der Waals surface area contributed by atoms with Crippen molar-refractivity contribution in [1.29, 1.82) is 0 Å². The number of carboxylic acid groups (broad SMARTS) is 1. The second-order valence-electron chi connectivity index (χ2n) is 5.83. The maximum Gasteiger partial charge on any atom is 0.306 e. The van der Waals surface area contributed by atoms with Crippen molar-refractivity contribution in [3.05, 3.63) is 34.9 Å². The van der Waals surface area contributed by atoms with E-state index >= 15 is 0 Å². The zero-order valence-corrected chi connectivity index (χ0v) is 11.4. The molecule has 0 atom stereocenters. The van der Waals surface area contributed by atoms with Crippen molar-refractivity contribution in [3.63, 3.8) is 0 Å². The summed E-state index contributed by atoms with van der Waals surface area (Å²) in [5, 5.41) is 9.74. The Balaban J connectivity index is 1.81. The van der Waals surface area contributed by atoms with Crippen LogP contribution in [0.1, 0.15) is 37.7 Å². The second-order valence-corrected chi connectivity index (χ2v) is 6.27. The molecular weight excluding hydrogens is 264 g/mol. The molecule has 1 N–H and O–H groups in total. The first-order valence-corrected chi connectivity index (χ1v) is 7.03. The molecule has 3 nitrogen and oxygen atoms in total. The van der Waals surface area contributed by atoms with Crippen LogP contribution < -0.4 is 0 Å². The molecule has 1 aliphatic carbocycles. The van der Waals surface area contributed by atoms with E-state index in [1.54, 1.807) is 0 Å². The van der Waals surface area contributed by atoms with Crippen molar-refractivity contribution in [2.75, 3.05) is 6.61 Å². The first kappa shape index (κ1) is 12.9. The van der Waals surface area contributed by atoms with E-state index in [-0.39, 0.29) is 11.8 Å². The molecule has 0 spiro atoms. The van der Waals surface area contributed by atoms with Gasteiger partial charge >= 0.3 is 5.97 Å². The Hall–Kier alpha value is -1.06. The molecule has 102 valence electrons. The van der Waals surface area contributed by atoms with E-state index in [0.29, 0.717) is 6.61 Å². The van der Waals surface area contributed by atoms with E-state index in [0.717, 1.165) is 30.7 Å². The largest absolute Gasteiger partial charge is 0.481 e. The number of ether oxygens (including phenoxy) is 1. The van der Waals surface area contributed by atoms with Crippen LogP contribution in [-0.2, 0) is 14.9 Å². The van der Waals surface area contributed by atoms with Crippen molar-refractivity contribution in [2.24, 2.45) is 0 Å². The second kappa shape index (κ2) is 4.50. The summed E-state index contributed by atoms with van der Waals surface area (Å²) >= 11 is 5.93. The summed E-state index contributed by atoms with van der Waals surface area (Å²) in [5.41, 5.74) is 0.908. The third-order valence-corrected chi connectivity index (χ3v) is 4.95. The Kier molecular flexibility index (Phi) is 3.06. The van der Waals surface area contributed by atoms with Gasteiger partial charge in [0.2, 0.25) is 0 Å². The minimum absolute atomic E-state index is 0.0604. The molecule has 3 fully saturated rings. The molecule has 1 aromatic rings. The van der Waals surface area contributed by atoms with Crippen LogP contribution >= 0.6 is 11.6 Å². The van der Waals surface area contributed by atoms with Gasteiger partial charge in [0.15, 0.2) is 0 Å². The molecule has 2 heterocycles. The summed E-state index contributed by atoms with van der Waals surface area (Å²) < 4.78 is 5.95. The zero-order valence-electron chi connectivity index (χ0n) is 10.7. The average molecular weight is 281 g/mol. The lowest BCUT2D eigenvalue weighted by Crippen LogP contribution is -2.54. The maximum atomic E-state index is 10.9. The van der Waals surface area contributed by atoms with Crippen LogP contribution in [0.15, 0.2) is 24.3 Å². The number of hydrogen-bond acceptors (Lipinski definition) is 2. The molecule has 3 aliphatic rings. The van der Waals surface area contributed by atoms with E-state index in [1.165, 1.54) is 5.56 Å². The molecule has 4 rings (SSSR count). The summed E-state index contributed by atoms with van der Waals surface area (Å²) in [6.07, 6.45) is 3.80. The highest BCUT2D eigenvalue weighted by atomic mass is 35.5. The monoisotopic (exact) mass is 280 g/mol. The van der Waals surface area contributed by atoms with E-state index < -0.39 is 11.6 Å². The number of benzene rings is 1. The molecule has 4 heteroatoms. The third kappa shape index (κ3) is 2.26. The highest BCUT2D eigenvalue weighted by Crippen LogP contribution is 2.51. The SMILES string of the molecule is O=C(O)CC12CCC(c3ccc(Cl)cc3)(CC1)CO2. The molecule has 2 bridgehead atoms. The predicted molar refractivity (Wildman–Crippen MR) is 72.5 cm³/mol. The number of rotatable bonds is 3. The van der Waals surface area contributed by atoms with Crippen LogP contribution in [0.25, 0.3) is 0 Å². The number of halogens is 1. The van der Waals surface area contributed by atoms with Gasteiger partial charge in [-0.2, -0.15) is 0 Å². The van der Waals surface area contributed by atoms with E-state index in [9.17, 15) is 4.79 Å². The van der Waals surface area contributed by atoms with Crippen LogP contribution in [-0.4, -0.2) is 23.3 Å². The van der Waals surface area contributed by atoms with E-state index in [4.69, 9.17) is 21.4 Å². The molecule has 0 aromatic heterocycles. The first-order chi connectivity index (χ1) is 9.04. The van der Waals surface area contributed by atoms with Crippen molar-refractivity contribution in [1.82, 2.24) is 0 Å². The van der Waals surface area contributed by atoms with Gasteiger partial charge in [-0.1, -0.05) is 23.7 Å². The normalized spacial score (nSPS) is 33.3. The average Bonchev–Trinajstić information content (AvgIpc) is 2.40. The Morgan fingerprint density at radius 3 is 2.32 bits per heavy atom. The highest BCUT2D eigenvalue weighted by molar-refractivity contribution is 6.30. The van der Waals surface area contributed by atoms with Crippen LogP contribution in [0.3, 0.4) is 0 Å². The summed E-state index contributed by atoms with van der Waals surface area (Å²) in [4.78, 5) is 10.9. The summed E-state index contributed by atoms with van der Waals surface area (Å²) in [6, 6.07) is 7.97. The van der Waals surface area contributed by atoms with Crippen LogP contribution in [0, 0.1) is 0 Å². The lowest BCUT2D eigenvalue weighted by Gasteiger charge is -2.53. The Labute approximate surface area is 117 Å². The van der Waals surface area contributed by atoms with Gasteiger partial charge in [0, 0.05) is 10.4 Å². The molecular formula is C15H17ClO3. The Morgan fingerprint density at radius 2 is 1.84 bits per heavy atom. The Bertz CT molecular complexity index is 470. The number of aliphatic carboxylic acids is 1. The summed E-state index contributed by atoms with van der Waals surface area (Å²) in [5.74, 6) is -0.763. The molecule has 0 amide bonds. The van der Waals surface area contributed by atoms with Gasteiger partial charge in [-0.15, -0.1) is 0 Å². The summed E-state index contributed by atoms with van der Waals surface area (Å²) in [7, 11) is 0. The number of hydrogen-bond donors (Lipinski definition) is 1. The first-order valence-electron chi connectivity index (χ1n) is 6.66. The highest BCUT2D eigenvalue weighted by Gasteiger charge is 2.51. The smallest absolute Gasteiger partial charge is 0.306 e. The molecule has 0 radical (unpaired) electrons. The van der Waals surface area contributed by atoms with Crippen LogP contribution in [0.2, 0.25) is 5.02 Å². The molecule has 2 saturated heterocycles. The van der Waals surface area contributed by atoms with E-state index in [2.05, 4.69) is 12.1 Å².